The summed E-state index contributed by atoms with van der Waals surface area (Å²) in [7, 11) is 0. The van der Waals surface area contributed by atoms with Gasteiger partial charge in [-0.3, -0.25) is 0 Å². The molecule has 0 aromatic heterocycles. The van der Waals surface area contributed by atoms with Crippen molar-refractivity contribution >= 4 is 11.8 Å². The van der Waals surface area contributed by atoms with E-state index in [1.165, 1.54) is 20.9 Å². The zero-order valence-corrected chi connectivity index (χ0v) is 12.7. The van der Waals surface area contributed by atoms with Gasteiger partial charge in [0.15, 0.2) is 0 Å². The number of hydrogen-bond acceptors (Lipinski definition) is 2. The van der Waals surface area contributed by atoms with Crippen molar-refractivity contribution in [1.29, 1.82) is 0 Å². The Bertz CT molecular complexity index is 498. The summed E-state index contributed by atoms with van der Waals surface area (Å²) in [5, 5.41) is 9.25. The van der Waals surface area contributed by atoms with Gasteiger partial charge in [-0.1, -0.05) is 42.5 Å². The first-order chi connectivity index (χ1) is 9.81. The molecule has 0 aliphatic carbocycles. The van der Waals surface area contributed by atoms with Gasteiger partial charge in [0.1, 0.15) is 19.6 Å². The van der Waals surface area contributed by atoms with Gasteiger partial charge in [-0.25, -0.2) is 0 Å². The topological polar surface area (TPSA) is 24.7 Å². The molecular weight excluding hydrogens is 266 g/mol. The molecule has 2 aromatic carbocycles. The van der Waals surface area contributed by atoms with Gasteiger partial charge in [-0.15, -0.1) is 11.8 Å². The summed E-state index contributed by atoms with van der Waals surface area (Å²) in [4.78, 5) is 2.68. The molecule has 0 amide bonds. The lowest BCUT2D eigenvalue weighted by atomic mass is 10.1. The first-order valence-corrected chi connectivity index (χ1v) is 8.15. The molecule has 0 aliphatic heterocycles. The van der Waals surface area contributed by atoms with E-state index >= 15 is 0 Å². The fourth-order valence-electron chi connectivity index (χ4n) is 2.31. The predicted molar refractivity (Wildman–Crippen MR) is 85.0 cm³/mol. The molecule has 3 heteroatoms. The third-order valence-electron chi connectivity index (χ3n) is 3.38. The molecule has 0 saturated carbocycles. The molecule has 20 heavy (non-hydrogen) atoms. The van der Waals surface area contributed by atoms with E-state index in [4.69, 9.17) is 0 Å². The van der Waals surface area contributed by atoms with E-state index in [9.17, 15) is 5.11 Å². The van der Waals surface area contributed by atoms with Crippen LogP contribution >= 0.6 is 11.8 Å². The van der Waals surface area contributed by atoms with Gasteiger partial charge in [0.25, 0.3) is 0 Å². The molecule has 1 unspecified atom stereocenters. The van der Waals surface area contributed by atoms with Gasteiger partial charge in [0.05, 0.1) is 6.61 Å². The first kappa shape index (κ1) is 15.1. The number of aliphatic hydroxyl groups is 1. The Morgan fingerprint density at radius 1 is 0.900 bits per heavy atom. The number of thioether (sulfide) groups is 1. The summed E-state index contributed by atoms with van der Waals surface area (Å²) < 4.78 is 0. The molecule has 0 heterocycles. The largest absolute Gasteiger partial charge is 0.391 e. The van der Waals surface area contributed by atoms with Crippen LogP contribution in [-0.4, -0.2) is 24.5 Å². The van der Waals surface area contributed by atoms with Crippen LogP contribution in [0.3, 0.4) is 0 Å². The Labute approximate surface area is 125 Å². The van der Waals surface area contributed by atoms with E-state index in [1.807, 2.05) is 6.07 Å². The van der Waals surface area contributed by atoms with Crippen molar-refractivity contribution in [3.63, 3.8) is 0 Å². The molecule has 2 N–H and O–H groups in total. The van der Waals surface area contributed by atoms with Gasteiger partial charge in [0, 0.05) is 16.0 Å². The minimum Gasteiger partial charge on any atom is -0.391 e. The number of rotatable bonds is 7. The highest BCUT2D eigenvalue weighted by Gasteiger charge is 2.10. The summed E-state index contributed by atoms with van der Waals surface area (Å²) in [5.41, 5.74) is 2.64. The fourth-order valence-corrected chi connectivity index (χ4v) is 2.72. The van der Waals surface area contributed by atoms with E-state index in [-0.39, 0.29) is 6.61 Å². The molecule has 106 valence electrons. The second-order valence-electron chi connectivity index (χ2n) is 4.91. The van der Waals surface area contributed by atoms with Crippen molar-refractivity contribution in [1.82, 2.24) is 0 Å². The van der Waals surface area contributed by atoms with Crippen LogP contribution in [0.1, 0.15) is 11.1 Å². The van der Waals surface area contributed by atoms with E-state index in [2.05, 4.69) is 54.8 Å². The summed E-state index contributed by atoms with van der Waals surface area (Å²) in [6, 6.07) is 19.2. The monoisotopic (exact) mass is 288 g/mol. The first-order valence-electron chi connectivity index (χ1n) is 6.93. The second kappa shape index (κ2) is 8.10. The maximum Gasteiger partial charge on any atom is 0.103 e. The molecular formula is C17H22NOS+. The second-order valence-corrected chi connectivity index (χ2v) is 5.79. The smallest absolute Gasteiger partial charge is 0.103 e. The van der Waals surface area contributed by atoms with Crippen LogP contribution in [0.4, 0.5) is 0 Å². The van der Waals surface area contributed by atoms with Crippen molar-refractivity contribution in [2.45, 2.75) is 18.0 Å². The highest BCUT2D eigenvalue weighted by Crippen LogP contribution is 2.14. The molecule has 0 bridgehead atoms. The van der Waals surface area contributed by atoms with Crippen molar-refractivity contribution in [2.75, 3.05) is 19.4 Å². The molecule has 0 fully saturated rings. The fraction of sp³-hybridized carbons (Fsp3) is 0.294. The average molecular weight is 288 g/mol. The van der Waals surface area contributed by atoms with Gasteiger partial charge < -0.3 is 10.0 Å². The highest BCUT2D eigenvalue weighted by molar-refractivity contribution is 7.98. The molecule has 2 rings (SSSR count). The van der Waals surface area contributed by atoms with Crippen molar-refractivity contribution in [2.24, 2.45) is 0 Å². The van der Waals surface area contributed by atoms with Crippen LogP contribution in [0.15, 0.2) is 59.5 Å². The van der Waals surface area contributed by atoms with Crippen LogP contribution in [0.2, 0.25) is 0 Å². The Morgan fingerprint density at radius 3 is 2.05 bits per heavy atom. The Hall–Kier alpha value is -1.29. The molecule has 1 atom stereocenters. The molecule has 2 aromatic rings. The van der Waals surface area contributed by atoms with Gasteiger partial charge in [0.2, 0.25) is 0 Å². The average Bonchev–Trinajstić information content (AvgIpc) is 2.49. The van der Waals surface area contributed by atoms with Crippen LogP contribution in [0, 0.1) is 0 Å². The lowest BCUT2D eigenvalue weighted by molar-refractivity contribution is -0.927. The Morgan fingerprint density at radius 2 is 1.50 bits per heavy atom. The molecule has 0 radical (unpaired) electrons. The van der Waals surface area contributed by atoms with Gasteiger partial charge >= 0.3 is 0 Å². The summed E-state index contributed by atoms with van der Waals surface area (Å²) in [5.74, 6) is 0. The molecule has 0 spiro atoms. The third kappa shape index (κ3) is 4.67. The lowest BCUT2D eigenvalue weighted by Gasteiger charge is -2.19. The standard InChI is InChI=1S/C17H21NOS/c1-20-17-9-7-16(8-10-17)14-18(11-12-19)13-15-5-3-2-4-6-15/h2-10,19H,11-14H2,1H3/p+1. The maximum atomic E-state index is 9.25. The minimum absolute atomic E-state index is 0.227. The van der Waals surface area contributed by atoms with E-state index in [0.29, 0.717) is 0 Å². The predicted octanol–water partition coefficient (Wildman–Crippen LogP) is 1.99. The number of hydrogen-bond donors (Lipinski definition) is 2. The summed E-state index contributed by atoms with van der Waals surface area (Å²) in [6.45, 7) is 2.90. The summed E-state index contributed by atoms with van der Waals surface area (Å²) in [6.07, 6.45) is 2.09. The highest BCUT2D eigenvalue weighted by atomic mass is 32.2. The zero-order chi connectivity index (χ0) is 14.2. The van der Waals surface area contributed by atoms with Crippen molar-refractivity contribution in [3.05, 3.63) is 65.7 Å². The van der Waals surface area contributed by atoms with Gasteiger partial charge in [-0.05, 0) is 18.4 Å². The number of quaternary nitrogens is 1. The van der Waals surface area contributed by atoms with Gasteiger partial charge in [-0.2, -0.15) is 0 Å². The molecule has 2 nitrogen and oxygen atoms in total. The number of nitrogens with one attached hydrogen (secondary N) is 1. The zero-order valence-electron chi connectivity index (χ0n) is 11.9. The maximum absolute atomic E-state index is 9.25. The minimum atomic E-state index is 0.227. The van der Waals surface area contributed by atoms with E-state index in [1.54, 1.807) is 11.8 Å². The molecule has 0 aliphatic rings. The Kier molecular flexibility index (Phi) is 6.12. The van der Waals surface area contributed by atoms with Crippen LogP contribution in [0.25, 0.3) is 0 Å². The molecule has 0 saturated heterocycles. The van der Waals surface area contributed by atoms with Crippen LogP contribution in [0.5, 0.6) is 0 Å². The van der Waals surface area contributed by atoms with Crippen LogP contribution in [-0.2, 0) is 13.1 Å². The summed E-state index contributed by atoms with van der Waals surface area (Å²) >= 11 is 1.76. The SMILES string of the molecule is CSc1ccc(C[NH+](CCO)Cc2ccccc2)cc1. The van der Waals surface area contributed by atoms with E-state index < -0.39 is 0 Å². The normalized spacial score (nSPS) is 12.3. The quantitative estimate of drug-likeness (QED) is 0.762. The van der Waals surface area contributed by atoms with E-state index in [0.717, 1.165) is 19.6 Å². The third-order valence-corrected chi connectivity index (χ3v) is 4.12. The lowest BCUT2D eigenvalue weighted by Crippen LogP contribution is -3.09. The van der Waals surface area contributed by atoms with Crippen molar-refractivity contribution in [3.8, 4) is 0 Å². The van der Waals surface area contributed by atoms with Crippen LogP contribution < -0.4 is 4.90 Å². The Balaban J connectivity index is 2.00. The number of aliphatic hydroxyl groups excluding tert-OH is 1. The number of benzene rings is 2. The van der Waals surface area contributed by atoms with Crippen molar-refractivity contribution < 1.29 is 10.0 Å².